The van der Waals surface area contributed by atoms with Crippen LogP contribution in [0, 0.1) is 13.8 Å². The van der Waals surface area contributed by atoms with Crippen molar-refractivity contribution in [1.29, 1.82) is 0 Å². The maximum Gasteiger partial charge on any atom is 0.0843 e. The molecule has 0 saturated carbocycles. The zero-order valence-corrected chi connectivity index (χ0v) is 10.3. The van der Waals surface area contributed by atoms with Gasteiger partial charge in [0.2, 0.25) is 0 Å². The largest absolute Gasteiger partial charge is 0.386 e. The molecule has 1 rings (SSSR count). The zero-order chi connectivity index (χ0) is 11.8. The van der Waals surface area contributed by atoms with Crippen molar-refractivity contribution in [2.45, 2.75) is 46.3 Å². The van der Waals surface area contributed by atoms with Gasteiger partial charge in [0.25, 0.3) is 0 Å². The Morgan fingerprint density at radius 1 is 1.20 bits per heavy atom. The van der Waals surface area contributed by atoms with Crippen LogP contribution in [0.25, 0.3) is 0 Å². The summed E-state index contributed by atoms with van der Waals surface area (Å²) in [7, 11) is 0. The van der Waals surface area contributed by atoms with Gasteiger partial charge in [0, 0.05) is 6.04 Å². The van der Waals surface area contributed by atoms with Gasteiger partial charge in [-0.3, -0.25) is 0 Å². The third-order valence-electron chi connectivity index (χ3n) is 2.98. The first-order valence-corrected chi connectivity index (χ1v) is 5.33. The molecule has 15 heavy (non-hydrogen) atoms. The summed E-state index contributed by atoms with van der Waals surface area (Å²) in [6.45, 7) is 9.68. The molecule has 1 atom stereocenters. The molecule has 2 heteroatoms. The van der Waals surface area contributed by atoms with E-state index in [0.29, 0.717) is 0 Å². The molecule has 0 heterocycles. The second-order valence-corrected chi connectivity index (χ2v) is 4.80. The standard InChI is InChI=1S/C13H21NO/c1-8-9(2)12(13(4,5)15)7-6-11(8)10(3)14/h6-7,10,15H,14H2,1-5H3. The number of benzene rings is 1. The van der Waals surface area contributed by atoms with Gasteiger partial charge in [0.15, 0.2) is 0 Å². The molecule has 0 spiro atoms. The van der Waals surface area contributed by atoms with Crippen LogP contribution in [-0.4, -0.2) is 5.11 Å². The lowest BCUT2D eigenvalue weighted by Gasteiger charge is -2.23. The fourth-order valence-electron chi connectivity index (χ4n) is 2.00. The lowest BCUT2D eigenvalue weighted by Crippen LogP contribution is -2.19. The van der Waals surface area contributed by atoms with Crippen LogP contribution in [0.2, 0.25) is 0 Å². The van der Waals surface area contributed by atoms with E-state index in [1.54, 1.807) is 13.8 Å². The lowest BCUT2D eigenvalue weighted by molar-refractivity contribution is 0.0778. The predicted octanol–water partition coefficient (Wildman–Crippen LogP) is 2.55. The van der Waals surface area contributed by atoms with Crippen molar-refractivity contribution in [3.8, 4) is 0 Å². The minimum absolute atomic E-state index is 0.0413. The van der Waals surface area contributed by atoms with Gasteiger partial charge in [0.05, 0.1) is 5.60 Å². The van der Waals surface area contributed by atoms with E-state index in [4.69, 9.17) is 5.73 Å². The van der Waals surface area contributed by atoms with Gasteiger partial charge in [0.1, 0.15) is 0 Å². The topological polar surface area (TPSA) is 46.2 Å². The highest BCUT2D eigenvalue weighted by Crippen LogP contribution is 2.28. The van der Waals surface area contributed by atoms with E-state index in [1.807, 2.05) is 26.0 Å². The maximum atomic E-state index is 9.99. The molecule has 0 bridgehead atoms. The summed E-state index contributed by atoms with van der Waals surface area (Å²) < 4.78 is 0. The summed E-state index contributed by atoms with van der Waals surface area (Å²) in [6, 6.07) is 4.03. The quantitative estimate of drug-likeness (QED) is 0.783. The van der Waals surface area contributed by atoms with Gasteiger partial charge in [-0.1, -0.05) is 12.1 Å². The van der Waals surface area contributed by atoms with E-state index >= 15 is 0 Å². The second-order valence-electron chi connectivity index (χ2n) is 4.80. The van der Waals surface area contributed by atoms with Crippen LogP contribution in [0.5, 0.6) is 0 Å². The van der Waals surface area contributed by atoms with Gasteiger partial charge >= 0.3 is 0 Å². The highest BCUT2D eigenvalue weighted by molar-refractivity contribution is 5.42. The second kappa shape index (κ2) is 3.95. The summed E-state index contributed by atoms with van der Waals surface area (Å²) >= 11 is 0. The third-order valence-corrected chi connectivity index (χ3v) is 2.98. The monoisotopic (exact) mass is 207 g/mol. The molecule has 1 aromatic rings. The van der Waals surface area contributed by atoms with Crippen molar-refractivity contribution >= 4 is 0 Å². The first-order valence-electron chi connectivity index (χ1n) is 5.33. The van der Waals surface area contributed by atoms with Crippen molar-refractivity contribution in [3.63, 3.8) is 0 Å². The lowest BCUT2D eigenvalue weighted by atomic mass is 9.87. The fourth-order valence-corrected chi connectivity index (χ4v) is 2.00. The minimum Gasteiger partial charge on any atom is -0.386 e. The molecular formula is C13H21NO. The van der Waals surface area contributed by atoms with Crippen LogP contribution < -0.4 is 5.73 Å². The van der Waals surface area contributed by atoms with Crippen LogP contribution in [0.15, 0.2) is 12.1 Å². The highest BCUT2D eigenvalue weighted by Gasteiger charge is 2.20. The van der Waals surface area contributed by atoms with E-state index in [-0.39, 0.29) is 6.04 Å². The highest BCUT2D eigenvalue weighted by atomic mass is 16.3. The molecule has 0 aliphatic carbocycles. The van der Waals surface area contributed by atoms with E-state index < -0.39 is 5.60 Å². The first-order chi connectivity index (χ1) is 6.75. The van der Waals surface area contributed by atoms with E-state index in [0.717, 1.165) is 16.7 Å². The van der Waals surface area contributed by atoms with Crippen LogP contribution in [-0.2, 0) is 5.60 Å². The molecule has 0 saturated heterocycles. The smallest absolute Gasteiger partial charge is 0.0843 e. The van der Waals surface area contributed by atoms with Crippen molar-refractivity contribution in [2.24, 2.45) is 5.73 Å². The number of hydrogen-bond donors (Lipinski definition) is 2. The Hall–Kier alpha value is -0.860. The number of hydrogen-bond acceptors (Lipinski definition) is 2. The third kappa shape index (κ3) is 2.39. The molecule has 0 aliphatic heterocycles. The average Bonchev–Trinajstić information content (AvgIpc) is 2.06. The van der Waals surface area contributed by atoms with Crippen molar-refractivity contribution in [3.05, 3.63) is 34.4 Å². The van der Waals surface area contributed by atoms with Crippen LogP contribution in [0.4, 0.5) is 0 Å². The fraction of sp³-hybridized carbons (Fsp3) is 0.538. The van der Waals surface area contributed by atoms with Crippen LogP contribution in [0.3, 0.4) is 0 Å². The Bertz CT molecular complexity index is 362. The van der Waals surface area contributed by atoms with Crippen LogP contribution >= 0.6 is 0 Å². The molecule has 84 valence electrons. The minimum atomic E-state index is -0.786. The van der Waals surface area contributed by atoms with Crippen molar-refractivity contribution in [2.75, 3.05) is 0 Å². The van der Waals surface area contributed by atoms with Gasteiger partial charge in [-0.05, 0) is 56.9 Å². The van der Waals surface area contributed by atoms with E-state index in [2.05, 4.69) is 6.92 Å². The molecule has 1 aromatic carbocycles. The molecule has 0 radical (unpaired) electrons. The predicted molar refractivity (Wildman–Crippen MR) is 63.8 cm³/mol. The number of rotatable bonds is 2. The molecule has 2 nitrogen and oxygen atoms in total. The molecule has 3 N–H and O–H groups in total. The van der Waals surface area contributed by atoms with E-state index in [9.17, 15) is 5.11 Å². The molecule has 0 amide bonds. The van der Waals surface area contributed by atoms with Crippen molar-refractivity contribution in [1.82, 2.24) is 0 Å². The zero-order valence-electron chi connectivity index (χ0n) is 10.3. The SMILES string of the molecule is Cc1c(C(C)N)ccc(C(C)(C)O)c1C. The molecule has 0 aliphatic rings. The molecule has 1 unspecified atom stereocenters. The Labute approximate surface area is 92.1 Å². The summed E-state index contributed by atoms with van der Waals surface area (Å²) in [5, 5.41) is 9.99. The normalized spacial score (nSPS) is 14.1. The number of aliphatic hydroxyl groups is 1. The van der Waals surface area contributed by atoms with Crippen LogP contribution in [0.1, 0.15) is 49.1 Å². The number of nitrogens with two attached hydrogens (primary N) is 1. The van der Waals surface area contributed by atoms with Gasteiger partial charge in [-0.2, -0.15) is 0 Å². The Morgan fingerprint density at radius 2 is 1.73 bits per heavy atom. The average molecular weight is 207 g/mol. The Morgan fingerprint density at radius 3 is 2.13 bits per heavy atom. The summed E-state index contributed by atoms with van der Waals surface area (Å²) in [5.74, 6) is 0. The molecule has 0 aromatic heterocycles. The Balaban J connectivity index is 3.34. The first kappa shape index (κ1) is 12.2. The maximum absolute atomic E-state index is 9.99. The van der Waals surface area contributed by atoms with Crippen molar-refractivity contribution < 1.29 is 5.11 Å². The summed E-state index contributed by atoms with van der Waals surface area (Å²) in [5.41, 5.74) is 9.54. The summed E-state index contributed by atoms with van der Waals surface area (Å²) in [4.78, 5) is 0. The summed E-state index contributed by atoms with van der Waals surface area (Å²) in [6.07, 6.45) is 0. The Kier molecular flexibility index (Phi) is 3.22. The van der Waals surface area contributed by atoms with Gasteiger partial charge < -0.3 is 10.8 Å². The van der Waals surface area contributed by atoms with Gasteiger partial charge in [-0.25, -0.2) is 0 Å². The van der Waals surface area contributed by atoms with E-state index in [1.165, 1.54) is 5.56 Å². The van der Waals surface area contributed by atoms with Gasteiger partial charge in [-0.15, -0.1) is 0 Å². The molecule has 0 fully saturated rings. The molecular weight excluding hydrogens is 186 g/mol.